The van der Waals surface area contributed by atoms with E-state index < -0.39 is 52.9 Å². The Bertz CT molecular complexity index is 639. The zero-order valence-electron chi connectivity index (χ0n) is 21.2. The molecule has 0 saturated heterocycles. The topological polar surface area (TPSA) is 119 Å². The Labute approximate surface area is 191 Å². The fraction of sp³-hybridized carbons (Fsp3) is 0.826. The first-order valence-corrected chi connectivity index (χ1v) is 10.9. The Morgan fingerprint density at radius 3 is 1.47 bits per heavy atom. The van der Waals surface area contributed by atoms with Crippen molar-refractivity contribution < 1.29 is 38.5 Å². The number of ketones is 1. The fourth-order valence-corrected chi connectivity index (χ4v) is 2.64. The second-order valence-electron chi connectivity index (χ2n) is 10.8. The molecule has 0 rings (SSSR count). The summed E-state index contributed by atoms with van der Waals surface area (Å²) in [5.41, 5.74) is -2.42. The first-order chi connectivity index (χ1) is 14.2. The van der Waals surface area contributed by atoms with E-state index >= 15 is 0 Å². The molecular formula is C23H41NO8. The van der Waals surface area contributed by atoms with E-state index in [1.807, 2.05) is 0 Å². The Balaban J connectivity index is 5.36. The lowest BCUT2D eigenvalue weighted by atomic mass is 10.0. The highest BCUT2D eigenvalue weighted by Crippen LogP contribution is 2.21. The number of ether oxygens (including phenoxy) is 3. The van der Waals surface area contributed by atoms with Crippen LogP contribution in [0.5, 0.6) is 0 Å². The molecule has 0 aliphatic rings. The number of aliphatic hydroxyl groups is 1. The number of rotatable bonds is 8. The minimum Gasteiger partial charge on any atom is -0.460 e. The minimum absolute atomic E-state index is 0.00498. The maximum Gasteiger partial charge on any atom is 0.420 e. The quantitative estimate of drug-likeness (QED) is 0.419. The summed E-state index contributed by atoms with van der Waals surface area (Å²) in [5.74, 6) is -0.898. The summed E-state index contributed by atoms with van der Waals surface area (Å²) in [5, 5.41) is 10.3. The molecule has 2 amide bonds. The van der Waals surface area contributed by atoms with Crippen LogP contribution in [0.1, 0.15) is 94.9 Å². The van der Waals surface area contributed by atoms with Crippen molar-refractivity contribution in [2.45, 2.75) is 124 Å². The van der Waals surface area contributed by atoms with E-state index in [1.165, 1.54) is 6.92 Å². The van der Waals surface area contributed by atoms with Crippen LogP contribution in [0.4, 0.5) is 9.59 Å². The van der Waals surface area contributed by atoms with E-state index in [0.717, 1.165) is 0 Å². The number of Topliss-reactive ketones (excluding diaryl/α,β-unsaturated/α-hetero) is 1. The van der Waals surface area contributed by atoms with Gasteiger partial charge in [0.15, 0.2) is 5.78 Å². The van der Waals surface area contributed by atoms with Gasteiger partial charge in [-0.05, 0) is 88.5 Å². The standard InChI is InChI=1S/C23H41NO8/c1-15(25)17(13-11-16(26)12-14-18(27)30-21(2,3)4)24(19(28)31-22(5,6)7)20(29)32-23(8,9)10/h16-17,26H,11-14H2,1-10H3. The van der Waals surface area contributed by atoms with Gasteiger partial charge in [0.25, 0.3) is 0 Å². The van der Waals surface area contributed by atoms with Crippen LogP contribution in [0.25, 0.3) is 0 Å². The van der Waals surface area contributed by atoms with Crippen LogP contribution in [0, 0.1) is 0 Å². The van der Waals surface area contributed by atoms with Crippen molar-refractivity contribution in [1.82, 2.24) is 4.90 Å². The largest absolute Gasteiger partial charge is 0.460 e. The predicted molar refractivity (Wildman–Crippen MR) is 119 cm³/mol. The lowest BCUT2D eigenvalue weighted by molar-refractivity contribution is -0.155. The van der Waals surface area contributed by atoms with Gasteiger partial charge in [0.05, 0.1) is 6.10 Å². The molecule has 0 bridgehead atoms. The van der Waals surface area contributed by atoms with Gasteiger partial charge >= 0.3 is 18.2 Å². The van der Waals surface area contributed by atoms with E-state index in [0.29, 0.717) is 4.90 Å². The van der Waals surface area contributed by atoms with Gasteiger partial charge in [0.2, 0.25) is 0 Å². The van der Waals surface area contributed by atoms with Crippen molar-refractivity contribution in [3.8, 4) is 0 Å². The van der Waals surface area contributed by atoms with Crippen molar-refractivity contribution >= 4 is 23.9 Å². The van der Waals surface area contributed by atoms with Crippen molar-refractivity contribution in [3.63, 3.8) is 0 Å². The first-order valence-electron chi connectivity index (χ1n) is 10.9. The van der Waals surface area contributed by atoms with Crippen molar-refractivity contribution in [1.29, 1.82) is 0 Å². The molecule has 9 heteroatoms. The predicted octanol–water partition coefficient (Wildman–Crippen LogP) is 4.38. The molecule has 0 fully saturated rings. The third-order valence-corrected chi connectivity index (χ3v) is 3.84. The van der Waals surface area contributed by atoms with Crippen molar-refractivity contribution in [2.24, 2.45) is 0 Å². The molecule has 0 aliphatic carbocycles. The van der Waals surface area contributed by atoms with Crippen LogP contribution in [0.15, 0.2) is 0 Å². The van der Waals surface area contributed by atoms with E-state index in [9.17, 15) is 24.3 Å². The monoisotopic (exact) mass is 459 g/mol. The molecule has 0 saturated carbocycles. The van der Waals surface area contributed by atoms with Crippen molar-refractivity contribution in [2.75, 3.05) is 0 Å². The Morgan fingerprint density at radius 2 is 1.12 bits per heavy atom. The highest BCUT2D eigenvalue weighted by molar-refractivity contribution is 5.95. The molecule has 0 spiro atoms. The maximum absolute atomic E-state index is 12.8. The molecule has 1 N–H and O–H groups in total. The summed E-state index contributed by atoms with van der Waals surface area (Å²) in [6.07, 6.45) is -2.74. The molecule has 0 aliphatic heterocycles. The lowest BCUT2D eigenvalue weighted by Gasteiger charge is -2.32. The lowest BCUT2D eigenvalue weighted by Crippen LogP contribution is -2.51. The van der Waals surface area contributed by atoms with Gasteiger partial charge in [0, 0.05) is 6.42 Å². The number of carbonyl (C=O) groups excluding carboxylic acids is 4. The molecular weight excluding hydrogens is 418 g/mol. The van der Waals surface area contributed by atoms with Crippen LogP contribution >= 0.6 is 0 Å². The maximum atomic E-state index is 12.8. The fourth-order valence-electron chi connectivity index (χ4n) is 2.64. The summed E-state index contributed by atoms with van der Waals surface area (Å²) in [6.45, 7) is 16.3. The molecule has 0 aromatic heterocycles. The normalized spacial score (nSPS) is 14.2. The number of hydrogen-bond acceptors (Lipinski definition) is 8. The van der Waals surface area contributed by atoms with Crippen LogP contribution in [0.2, 0.25) is 0 Å². The summed E-state index contributed by atoms with van der Waals surface area (Å²) < 4.78 is 15.8. The van der Waals surface area contributed by atoms with Gasteiger partial charge in [0.1, 0.15) is 22.8 Å². The Morgan fingerprint density at radius 1 is 0.719 bits per heavy atom. The molecule has 32 heavy (non-hydrogen) atoms. The number of aliphatic hydroxyl groups excluding tert-OH is 1. The van der Waals surface area contributed by atoms with E-state index in [4.69, 9.17) is 14.2 Å². The molecule has 0 radical (unpaired) electrons. The number of esters is 1. The molecule has 186 valence electrons. The highest BCUT2D eigenvalue weighted by atomic mass is 16.6. The van der Waals surface area contributed by atoms with Crippen LogP contribution < -0.4 is 0 Å². The summed E-state index contributed by atoms with van der Waals surface area (Å²) >= 11 is 0. The third-order valence-electron chi connectivity index (χ3n) is 3.84. The number of imide groups is 1. The van der Waals surface area contributed by atoms with E-state index in [2.05, 4.69) is 0 Å². The Kier molecular flexibility index (Phi) is 10.8. The first kappa shape index (κ1) is 29.8. The summed E-state index contributed by atoms with van der Waals surface area (Å²) in [6, 6.07) is -1.18. The molecule has 9 nitrogen and oxygen atoms in total. The molecule has 2 atom stereocenters. The van der Waals surface area contributed by atoms with E-state index in [1.54, 1.807) is 62.3 Å². The van der Waals surface area contributed by atoms with Gasteiger partial charge < -0.3 is 19.3 Å². The Hall–Kier alpha value is -2.16. The zero-order chi connectivity index (χ0) is 25.5. The highest BCUT2D eigenvalue weighted by Gasteiger charge is 2.39. The molecule has 0 heterocycles. The molecule has 0 aromatic rings. The number of hydrogen-bond donors (Lipinski definition) is 1. The average molecular weight is 460 g/mol. The second kappa shape index (κ2) is 11.6. The van der Waals surface area contributed by atoms with Gasteiger partial charge in [-0.1, -0.05) is 0 Å². The zero-order valence-corrected chi connectivity index (χ0v) is 21.2. The third kappa shape index (κ3) is 13.3. The summed E-state index contributed by atoms with van der Waals surface area (Å²) in [7, 11) is 0. The SMILES string of the molecule is CC(=O)C(CCC(O)CCC(=O)OC(C)(C)C)N(C(=O)OC(C)(C)C)C(=O)OC(C)(C)C. The smallest absolute Gasteiger partial charge is 0.420 e. The average Bonchev–Trinajstić information content (AvgIpc) is 2.51. The van der Waals surface area contributed by atoms with Gasteiger partial charge in [-0.3, -0.25) is 9.59 Å². The van der Waals surface area contributed by atoms with Crippen LogP contribution in [0.3, 0.4) is 0 Å². The minimum atomic E-state index is -1.18. The molecule has 2 unspecified atom stereocenters. The van der Waals surface area contributed by atoms with Crippen LogP contribution in [-0.4, -0.2) is 62.9 Å². The van der Waals surface area contributed by atoms with Gasteiger partial charge in [-0.2, -0.15) is 0 Å². The number of nitrogens with zero attached hydrogens (tertiary/aromatic N) is 1. The van der Waals surface area contributed by atoms with Gasteiger partial charge in [-0.25, -0.2) is 14.5 Å². The van der Waals surface area contributed by atoms with Crippen molar-refractivity contribution in [3.05, 3.63) is 0 Å². The van der Waals surface area contributed by atoms with Crippen LogP contribution in [-0.2, 0) is 23.8 Å². The van der Waals surface area contributed by atoms with Gasteiger partial charge in [-0.15, -0.1) is 0 Å². The summed E-state index contributed by atoms with van der Waals surface area (Å²) in [4.78, 5) is 50.4. The number of amides is 2. The number of carbonyl (C=O) groups is 4. The van der Waals surface area contributed by atoms with E-state index in [-0.39, 0.29) is 25.7 Å². The second-order valence-corrected chi connectivity index (χ2v) is 10.8. The molecule has 0 aromatic carbocycles.